The molecule has 0 spiro atoms. The van der Waals surface area contributed by atoms with Crippen LogP contribution in [0.5, 0.6) is 5.19 Å². The summed E-state index contributed by atoms with van der Waals surface area (Å²) in [7, 11) is -2.89. The van der Waals surface area contributed by atoms with E-state index in [1.807, 2.05) is 0 Å². The van der Waals surface area contributed by atoms with E-state index in [4.69, 9.17) is 9.41 Å². The second kappa shape index (κ2) is 12.4. The van der Waals surface area contributed by atoms with Crippen LogP contribution in [0.2, 0.25) is 18.1 Å². The summed E-state index contributed by atoms with van der Waals surface area (Å²) in [5, 5.41) is 1.14. The lowest BCUT2D eigenvalue weighted by Crippen LogP contribution is -3.00. The number of nitrogens with zero attached hydrogens (tertiary/aromatic N) is 1. The largest absolute Gasteiger partial charge is 1.00 e. The molecule has 1 unspecified atom stereocenters. The summed E-state index contributed by atoms with van der Waals surface area (Å²) in [6, 6.07) is 0. The summed E-state index contributed by atoms with van der Waals surface area (Å²) in [4.78, 5) is 6.56. The van der Waals surface area contributed by atoms with E-state index in [-0.39, 0.29) is 17.4 Å². The second-order valence-corrected chi connectivity index (χ2v) is 20.6. The average Bonchev–Trinajstić information content (AvgIpc) is 2.94. The Hall–Kier alpha value is 0.367. The molecule has 172 valence electrons. The van der Waals surface area contributed by atoms with Gasteiger partial charge in [0.05, 0.1) is 18.0 Å². The Morgan fingerprint density at radius 1 is 1.03 bits per heavy atom. The van der Waals surface area contributed by atoms with Crippen molar-refractivity contribution in [2.45, 2.75) is 111 Å². The number of hydrogen-bond acceptors (Lipinski definition) is 3. The topological polar surface area (TPSA) is 22.1 Å². The Morgan fingerprint density at radius 3 is 1.97 bits per heavy atom. The van der Waals surface area contributed by atoms with Crippen molar-refractivity contribution in [3.63, 3.8) is 0 Å². The maximum atomic E-state index is 6.59. The van der Waals surface area contributed by atoms with Crippen LogP contribution in [0.3, 0.4) is 0 Å². The molecule has 0 N–H and O–H groups in total. The van der Waals surface area contributed by atoms with E-state index in [0.29, 0.717) is 5.66 Å². The molecule has 0 fully saturated rings. The van der Waals surface area contributed by atoms with Crippen molar-refractivity contribution >= 4 is 26.9 Å². The Labute approximate surface area is 193 Å². The first-order valence-electron chi connectivity index (χ1n) is 11.4. The van der Waals surface area contributed by atoms with Crippen molar-refractivity contribution < 1.29 is 16.8 Å². The Balaban J connectivity index is 0.00000784. The Kier molecular flexibility index (Phi) is 12.6. The highest BCUT2D eigenvalue weighted by molar-refractivity contribution is 7.75. The van der Waals surface area contributed by atoms with Gasteiger partial charge >= 0.3 is 0 Å². The second-order valence-electron chi connectivity index (χ2n) is 10.2. The van der Waals surface area contributed by atoms with Gasteiger partial charge in [0, 0.05) is 18.8 Å². The van der Waals surface area contributed by atoms with Crippen LogP contribution in [0.25, 0.3) is 0 Å². The van der Waals surface area contributed by atoms with E-state index in [0.717, 1.165) is 5.19 Å². The number of aryl methyl sites for hydroxylation is 1. The van der Waals surface area contributed by atoms with E-state index in [2.05, 4.69) is 68.2 Å². The van der Waals surface area contributed by atoms with Gasteiger partial charge < -0.3 is 16.8 Å². The van der Waals surface area contributed by atoms with Crippen LogP contribution in [0.4, 0.5) is 0 Å². The van der Waals surface area contributed by atoms with Crippen molar-refractivity contribution in [3.8, 4) is 5.19 Å². The predicted octanol–water partition coefficient (Wildman–Crippen LogP) is 5.93. The summed E-state index contributed by atoms with van der Waals surface area (Å²) < 4.78 is 6.59. The first-order chi connectivity index (χ1) is 12.9. The molecule has 1 rings (SSSR count). The summed E-state index contributed by atoms with van der Waals surface area (Å²) in [5.74, 6) is 0. The van der Waals surface area contributed by atoms with Crippen LogP contribution in [0, 0.1) is 6.92 Å². The first kappa shape index (κ1) is 29.4. The van der Waals surface area contributed by atoms with Gasteiger partial charge in [-0.1, -0.05) is 72.1 Å². The molecule has 0 saturated carbocycles. The summed E-state index contributed by atoms with van der Waals surface area (Å²) in [6.45, 7) is 23.5. The lowest BCUT2D eigenvalue weighted by molar-refractivity contribution is -0.00000740. The number of hydrogen-bond donors (Lipinski definition) is 0. The van der Waals surface area contributed by atoms with Gasteiger partial charge in [-0.25, -0.2) is 4.98 Å². The molecule has 0 aliphatic rings. The van der Waals surface area contributed by atoms with Crippen LogP contribution >= 0.6 is 18.6 Å². The van der Waals surface area contributed by atoms with Gasteiger partial charge in [0.2, 0.25) is 0 Å². The lowest BCUT2D eigenvalue weighted by atomic mass is 10.2. The van der Waals surface area contributed by atoms with Crippen LogP contribution in [0.1, 0.15) is 96.3 Å². The van der Waals surface area contributed by atoms with Crippen LogP contribution in [-0.2, 0) is 0 Å². The van der Waals surface area contributed by atoms with Crippen molar-refractivity contribution in [2.24, 2.45) is 0 Å². The molecular formula is C23H47ClNOPSSi. The highest BCUT2D eigenvalue weighted by Crippen LogP contribution is 2.69. The van der Waals surface area contributed by atoms with Crippen LogP contribution in [-0.4, -0.2) is 32.3 Å². The number of thiazole rings is 1. The molecule has 0 aliphatic carbocycles. The molecule has 6 heteroatoms. The van der Waals surface area contributed by atoms with Crippen LogP contribution < -0.4 is 16.8 Å². The Bertz CT molecular complexity index is 592. The molecule has 1 atom stereocenters. The molecule has 2 nitrogen and oxygen atoms in total. The monoisotopic (exact) mass is 479 g/mol. The van der Waals surface area contributed by atoms with Gasteiger partial charge in [0.15, 0.2) is 0 Å². The van der Waals surface area contributed by atoms with Crippen molar-refractivity contribution in [1.29, 1.82) is 0 Å². The zero-order valence-corrected chi connectivity index (χ0v) is 24.3. The van der Waals surface area contributed by atoms with E-state index < -0.39 is 15.6 Å². The molecule has 29 heavy (non-hydrogen) atoms. The zero-order valence-electron chi connectivity index (χ0n) is 20.8. The van der Waals surface area contributed by atoms with Gasteiger partial charge in [-0.05, 0) is 44.3 Å². The molecular weight excluding hydrogens is 433 g/mol. The molecule has 0 saturated heterocycles. The maximum absolute atomic E-state index is 6.59. The fourth-order valence-corrected chi connectivity index (χ4v) is 10.6. The van der Waals surface area contributed by atoms with Gasteiger partial charge in [0.1, 0.15) is 5.66 Å². The molecule has 0 radical (unpaired) electrons. The molecule has 0 aromatic carbocycles. The molecule has 1 aromatic rings. The number of unbranched alkanes of at least 4 members (excludes halogenated alkanes) is 2. The quantitative estimate of drug-likeness (QED) is 0.274. The van der Waals surface area contributed by atoms with Crippen molar-refractivity contribution in [3.05, 3.63) is 10.6 Å². The van der Waals surface area contributed by atoms with E-state index >= 15 is 0 Å². The van der Waals surface area contributed by atoms with Gasteiger partial charge in [-0.2, -0.15) is 0 Å². The lowest BCUT2D eigenvalue weighted by Gasteiger charge is -2.35. The van der Waals surface area contributed by atoms with Crippen molar-refractivity contribution in [1.82, 2.24) is 4.98 Å². The van der Waals surface area contributed by atoms with Gasteiger partial charge in [0.25, 0.3) is 13.5 Å². The van der Waals surface area contributed by atoms with Crippen LogP contribution in [0.15, 0.2) is 0 Å². The normalized spacial score (nSPS) is 13.9. The fourth-order valence-electron chi connectivity index (χ4n) is 3.59. The standard InChI is InChI=1S/C23H47NOPSSi.ClH/c1-11-14-17-26(8,18-15-12-2)20(16-13-3)21-19(4)27-22(24-21)25-28(9,10)23(5,6)7;/h20H,11-18H2,1-10H3;1H/q+1;/p-1. The predicted molar refractivity (Wildman–Crippen MR) is 135 cm³/mol. The minimum Gasteiger partial charge on any atom is -1.00 e. The van der Waals surface area contributed by atoms with E-state index in [1.165, 1.54) is 61.4 Å². The summed E-state index contributed by atoms with van der Waals surface area (Å²) >= 11 is 1.79. The summed E-state index contributed by atoms with van der Waals surface area (Å²) in [5.41, 5.74) is 2.03. The number of aromatic nitrogens is 1. The van der Waals surface area contributed by atoms with Gasteiger partial charge in [-0.3, -0.25) is 0 Å². The number of halogens is 1. The minimum absolute atomic E-state index is 0. The first-order valence-corrected chi connectivity index (χ1v) is 17.8. The fraction of sp³-hybridized carbons (Fsp3) is 0.870. The molecule has 1 heterocycles. The van der Waals surface area contributed by atoms with Crippen molar-refractivity contribution in [2.75, 3.05) is 19.0 Å². The SMILES string of the molecule is CCCC[P+](C)(CCCC)C(CCC)c1nc(O[Si](C)(C)C(C)(C)C)sc1C.[Cl-]. The maximum Gasteiger partial charge on any atom is 0.260 e. The van der Waals surface area contributed by atoms with E-state index in [1.54, 1.807) is 11.3 Å². The summed E-state index contributed by atoms with van der Waals surface area (Å²) in [6.07, 6.45) is 10.7. The highest BCUT2D eigenvalue weighted by Gasteiger charge is 2.44. The molecule has 1 aromatic heterocycles. The molecule has 0 aliphatic heterocycles. The third kappa shape index (κ3) is 8.09. The average molecular weight is 480 g/mol. The highest BCUT2D eigenvalue weighted by atomic mass is 35.5. The van der Waals surface area contributed by atoms with Gasteiger partial charge in [-0.15, -0.1) is 0 Å². The minimum atomic E-state index is -1.84. The van der Waals surface area contributed by atoms with E-state index in [9.17, 15) is 0 Å². The smallest absolute Gasteiger partial charge is 0.260 e. The Morgan fingerprint density at radius 2 is 1.55 bits per heavy atom. The zero-order chi connectivity index (χ0) is 21.6. The number of rotatable bonds is 12. The molecule has 0 bridgehead atoms. The third-order valence-electron chi connectivity index (χ3n) is 6.64. The molecule has 0 amide bonds. The third-order valence-corrected chi connectivity index (χ3v) is 16.6.